The van der Waals surface area contributed by atoms with E-state index >= 15 is 0 Å². The van der Waals surface area contributed by atoms with E-state index in [0.29, 0.717) is 22.4 Å². The number of nitrogens with zero attached hydrogens (tertiary/aromatic N) is 2. The van der Waals surface area contributed by atoms with Crippen LogP contribution in [0.4, 0.5) is 15.3 Å². The van der Waals surface area contributed by atoms with Crippen molar-refractivity contribution in [3.05, 3.63) is 60.0 Å². The van der Waals surface area contributed by atoms with Crippen molar-refractivity contribution in [3.63, 3.8) is 0 Å². The van der Waals surface area contributed by atoms with E-state index in [-0.39, 0.29) is 11.9 Å². The Kier molecular flexibility index (Phi) is 8.19. The number of carbonyl (C=O) groups excluding carboxylic acids is 2. The molecule has 11 heteroatoms. The summed E-state index contributed by atoms with van der Waals surface area (Å²) < 4.78 is 16.1. The number of fused-ring (bicyclic) bond motifs is 1. The quantitative estimate of drug-likeness (QED) is 0.285. The Labute approximate surface area is 215 Å². The van der Waals surface area contributed by atoms with Crippen LogP contribution >= 0.6 is 0 Å². The van der Waals surface area contributed by atoms with Crippen molar-refractivity contribution in [1.29, 1.82) is 0 Å². The number of anilines is 1. The number of nitrogens with two attached hydrogens (primary N) is 1. The monoisotopic (exact) mass is 511 g/mol. The molecule has 3 rings (SSSR count). The molecular formula is C26H33N5O6. The number of carbonyl (C=O) groups is 2. The summed E-state index contributed by atoms with van der Waals surface area (Å²) in [4.78, 5) is 32.8. The Morgan fingerprint density at radius 1 is 1.03 bits per heavy atom. The molecule has 11 nitrogen and oxygen atoms in total. The number of nitrogens with one attached hydrogen (secondary N) is 2. The number of guanidine groups is 1. The van der Waals surface area contributed by atoms with E-state index in [2.05, 4.69) is 20.6 Å². The van der Waals surface area contributed by atoms with Crippen LogP contribution in [0.1, 0.15) is 65.1 Å². The molecule has 0 spiro atoms. The van der Waals surface area contributed by atoms with Crippen molar-refractivity contribution in [1.82, 2.24) is 10.3 Å². The van der Waals surface area contributed by atoms with Crippen LogP contribution in [-0.2, 0) is 9.47 Å². The van der Waals surface area contributed by atoms with Gasteiger partial charge in [0.25, 0.3) is 0 Å². The van der Waals surface area contributed by atoms with E-state index in [9.17, 15) is 14.7 Å². The number of benzene rings is 2. The number of aromatic nitrogens is 1. The zero-order valence-corrected chi connectivity index (χ0v) is 21.7. The summed E-state index contributed by atoms with van der Waals surface area (Å²) in [6, 6.07) is 13.0. The summed E-state index contributed by atoms with van der Waals surface area (Å²) in [5.74, 6) is -0.125. The fourth-order valence-corrected chi connectivity index (χ4v) is 3.18. The summed E-state index contributed by atoms with van der Waals surface area (Å²) in [7, 11) is 0. The number of aliphatic hydroxyl groups excluding tert-OH is 1. The number of aliphatic imine (C=N–C) groups is 1. The van der Waals surface area contributed by atoms with Crippen LogP contribution in [-0.4, -0.2) is 39.4 Å². The second kappa shape index (κ2) is 11.0. The Morgan fingerprint density at radius 3 is 2.35 bits per heavy atom. The lowest BCUT2D eigenvalue weighted by atomic mass is 10.0. The third-order valence-electron chi connectivity index (χ3n) is 4.65. The molecule has 0 saturated heterocycles. The molecule has 2 atom stereocenters. The molecule has 37 heavy (non-hydrogen) atoms. The first-order valence-electron chi connectivity index (χ1n) is 11.7. The maximum absolute atomic E-state index is 12.3. The van der Waals surface area contributed by atoms with Crippen molar-refractivity contribution in [2.75, 3.05) is 5.32 Å². The van der Waals surface area contributed by atoms with Crippen LogP contribution in [0, 0.1) is 0 Å². The first-order valence-corrected chi connectivity index (χ1v) is 11.7. The Balaban J connectivity index is 1.82. The molecule has 0 radical (unpaired) electrons. The highest BCUT2D eigenvalue weighted by Crippen LogP contribution is 2.29. The van der Waals surface area contributed by atoms with Gasteiger partial charge in [-0.25, -0.2) is 14.6 Å². The van der Waals surface area contributed by atoms with E-state index in [1.807, 2.05) is 6.07 Å². The smallest absolute Gasteiger partial charge is 0.437 e. The van der Waals surface area contributed by atoms with Gasteiger partial charge in [0.1, 0.15) is 22.8 Å². The maximum Gasteiger partial charge on any atom is 0.437 e. The predicted octanol–water partition coefficient (Wildman–Crippen LogP) is 4.79. The summed E-state index contributed by atoms with van der Waals surface area (Å²) in [6.45, 7) is 10.2. The first kappa shape index (κ1) is 27.6. The lowest BCUT2D eigenvalue weighted by Gasteiger charge is -2.21. The van der Waals surface area contributed by atoms with Gasteiger partial charge in [0.05, 0.1) is 6.04 Å². The highest BCUT2D eigenvalue weighted by atomic mass is 16.6. The number of para-hydroxylation sites is 2. The van der Waals surface area contributed by atoms with Crippen molar-refractivity contribution in [2.45, 2.75) is 64.9 Å². The Morgan fingerprint density at radius 2 is 1.70 bits per heavy atom. The van der Waals surface area contributed by atoms with Crippen LogP contribution in [0.2, 0.25) is 0 Å². The summed E-state index contributed by atoms with van der Waals surface area (Å²) in [6.07, 6.45) is -2.95. The first-order chi connectivity index (χ1) is 17.2. The number of alkyl carbamates (subject to hydrolysis) is 1. The average molecular weight is 512 g/mol. The number of rotatable bonds is 4. The minimum Gasteiger partial charge on any atom is -0.444 e. The number of hydrogen-bond donors (Lipinski definition) is 4. The third kappa shape index (κ3) is 8.29. The molecule has 5 N–H and O–H groups in total. The van der Waals surface area contributed by atoms with Crippen molar-refractivity contribution in [2.24, 2.45) is 10.7 Å². The van der Waals surface area contributed by atoms with Crippen LogP contribution in [0.5, 0.6) is 0 Å². The fourth-order valence-electron chi connectivity index (χ4n) is 3.18. The average Bonchev–Trinajstić information content (AvgIpc) is 3.20. The zero-order valence-electron chi connectivity index (χ0n) is 21.7. The largest absolute Gasteiger partial charge is 0.444 e. The van der Waals surface area contributed by atoms with Crippen LogP contribution < -0.4 is 16.4 Å². The Bertz CT molecular complexity index is 1260. The van der Waals surface area contributed by atoms with Gasteiger partial charge in [-0.1, -0.05) is 24.3 Å². The van der Waals surface area contributed by atoms with Crippen molar-refractivity contribution < 1.29 is 28.6 Å². The lowest BCUT2D eigenvalue weighted by Crippen LogP contribution is -2.40. The van der Waals surface area contributed by atoms with Crippen LogP contribution in [0.25, 0.3) is 11.1 Å². The second-order valence-electron chi connectivity index (χ2n) is 10.3. The summed E-state index contributed by atoms with van der Waals surface area (Å²) in [5, 5.41) is 16.1. The molecule has 0 saturated carbocycles. The van der Waals surface area contributed by atoms with Gasteiger partial charge in [-0.2, -0.15) is 0 Å². The van der Waals surface area contributed by atoms with E-state index in [0.717, 1.165) is 0 Å². The van der Waals surface area contributed by atoms with Gasteiger partial charge in [0, 0.05) is 5.69 Å². The second-order valence-corrected chi connectivity index (χ2v) is 10.3. The SMILES string of the molecule is CC(C)(C)OC(=O)/N=C(\NC(=O)OC(C)(C)C)Nc1cccc(C(N)C(O)c2nc3ccccc3o2)c1. The van der Waals surface area contributed by atoms with Gasteiger partial charge in [-0.05, 0) is 71.4 Å². The molecule has 2 amide bonds. The lowest BCUT2D eigenvalue weighted by molar-refractivity contribution is 0.0562. The third-order valence-corrected chi connectivity index (χ3v) is 4.65. The van der Waals surface area contributed by atoms with Gasteiger partial charge >= 0.3 is 12.2 Å². The highest BCUT2D eigenvalue weighted by molar-refractivity contribution is 6.06. The summed E-state index contributed by atoms with van der Waals surface area (Å²) in [5.41, 5.74) is 6.87. The molecule has 3 aromatic rings. The molecule has 2 unspecified atom stereocenters. The van der Waals surface area contributed by atoms with Gasteiger partial charge < -0.3 is 30.0 Å². The standard InChI is InChI=1S/C26H33N5O6/c1-25(2,3)36-23(33)30-22(31-24(34)37-26(4,5)6)28-16-11-9-10-15(14-16)19(27)20(32)21-29-17-12-7-8-13-18(17)35-21/h7-14,19-20,32H,27H2,1-6H3,(H2,28,30,31,33,34). The predicted molar refractivity (Wildman–Crippen MR) is 139 cm³/mol. The number of amides is 2. The minimum absolute atomic E-state index is 0.0887. The van der Waals surface area contributed by atoms with Gasteiger partial charge in [0.2, 0.25) is 11.9 Å². The Hall–Kier alpha value is -3.96. The molecular weight excluding hydrogens is 478 g/mol. The topological polar surface area (TPSA) is 161 Å². The fraction of sp³-hybridized carbons (Fsp3) is 0.385. The molecule has 2 aromatic carbocycles. The van der Waals surface area contributed by atoms with E-state index in [1.54, 1.807) is 84.0 Å². The minimum atomic E-state index is -1.22. The molecule has 1 aromatic heterocycles. The zero-order chi connectivity index (χ0) is 27.4. The molecule has 0 bridgehead atoms. The number of ether oxygens (including phenoxy) is 2. The van der Waals surface area contributed by atoms with Crippen LogP contribution in [0.3, 0.4) is 0 Å². The van der Waals surface area contributed by atoms with E-state index in [1.165, 1.54) is 0 Å². The number of aliphatic hydroxyl groups is 1. The molecule has 1 heterocycles. The molecule has 0 aliphatic heterocycles. The number of oxazole rings is 1. The van der Waals surface area contributed by atoms with Gasteiger partial charge in [-0.3, -0.25) is 5.32 Å². The van der Waals surface area contributed by atoms with Gasteiger partial charge in [0.15, 0.2) is 5.58 Å². The summed E-state index contributed by atoms with van der Waals surface area (Å²) >= 11 is 0. The highest BCUT2D eigenvalue weighted by Gasteiger charge is 2.25. The van der Waals surface area contributed by atoms with Crippen molar-refractivity contribution in [3.8, 4) is 0 Å². The number of hydrogen-bond acceptors (Lipinski definition) is 8. The molecule has 0 aliphatic carbocycles. The molecule has 0 fully saturated rings. The van der Waals surface area contributed by atoms with E-state index in [4.69, 9.17) is 19.6 Å². The van der Waals surface area contributed by atoms with Crippen LogP contribution in [0.15, 0.2) is 57.9 Å². The van der Waals surface area contributed by atoms with Gasteiger partial charge in [-0.15, -0.1) is 4.99 Å². The molecule has 0 aliphatic rings. The maximum atomic E-state index is 12.3. The molecule has 198 valence electrons. The van der Waals surface area contributed by atoms with Crippen molar-refractivity contribution >= 4 is 34.9 Å². The van der Waals surface area contributed by atoms with E-state index < -0.39 is 35.5 Å². The normalized spacial score (nSPS) is 14.1.